The summed E-state index contributed by atoms with van der Waals surface area (Å²) in [7, 11) is 0. The van der Waals surface area contributed by atoms with Gasteiger partial charge in [0.1, 0.15) is 0 Å². The maximum absolute atomic E-state index is 12.1. The summed E-state index contributed by atoms with van der Waals surface area (Å²) in [6.45, 7) is 0.263. The second kappa shape index (κ2) is 7.02. The number of nitrogens with one attached hydrogen (secondary N) is 1. The van der Waals surface area contributed by atoms with Crippen LogP contribution in [0.1, 0.15) is 42.3 Å². The van der Waals surface area contributed by atoms with E-state index in [0.717, 1.165) is 24.1 Å². The molecule has 7 heteroatoms. The van der Waals surface area contributed by atoms with Gasteiger partial charge in [0.05, 0.1) is 19.1 Å². The highest BCUT2D eigenvalue weighted by atomic mass is 32.1. The van der Waals surface area contributed by atoms with Crippen molar-refractivity contribution in [3.63, 3.8) is 0 Å². The molecule has 1 amide bonds. The second-order valence-corrected chi connectivity index (χ2v) is 6.63. The molecular formula is C15H19N3O3S. The molecule has 0 unspecified atom stereocenters. The summed E-state index contributed by atoms with van der Waals surface area (Å²) in [5.41, 5.74) is 0. The Kier molecular flexibility index (Phi) is 4.84. The monoisotopic (exact) mass is 321 g/mol. The predicted molar refractivity (Wildman–Crippen MR) is 81.2 cm³/mol. The lowest BCUT2D eigenvalue weighted by molar-refractivity contribution is -0.127. The minimum atomic E-state index is -0.355. The summed E-state index contributed by atoms with van der Waals surface area (Å²) in [5, 5.41) is 18.3. The Bertz CT molecular complexity index is 611. The highest BCUT2D eigenvalue weighted by molar-refractivity contribution is 7.09. The van der Waals surface area contributed by atoms with Crippen LogP contribution in [0.2, 0.25) is 0 Å². The second-order valence-electron chi connectivity index (χ2n) is 5.60. The van der Waals surface area contributed by atoms with Crippen LogP contribution in [0.4, 0.5) is 0 Å². The maximum Gasteiger partial charge on any atom is 0.231 e. The predicted octanol–water partition coefficient (Wildman–Crippen LogP) is 1.89. The number of carbonyl (C=O) groups is 1. The van der Waals surface area contributed by atoms with Gasteiger partial charge in [-0.1, -0.05) is 17.6 Å². The molecule has 0 aliphatic heterocycles. The summed E-state index contributed by atoms with van der Waals surface area (Å²) in [5.74, 6) is 0.889. The van der Waals surface area contributed by atoms with Crippen molar-refractivity contribution in [1.29, 1.82) is 0 Å². The van der Waals surface area contributed by atoms with Crippen molar-refractivity contribution in [1.82, 2.24) is 15.5 Å². The molecule has 6 nitrogen and oxygen atoms in total. The molecule has 0 radical (unpaired) electrons. The zero-order chi connectivity index (χ0) is 15.4. The fraction of sp³-hybridized carbons (Fsp3) is 0.533. The van der Waals surface area contributed by atoms with Crippen molar-refractivity contribution < 1.29 is 14.4 Å². The third-order valence-corrected chi connectivity index (χ3v) is 4.73. The average Bonchev–Trinajstić information content (AvgIpc) is 3.17. The largest absolute Gasteiger partial charge is 0.393 e. The average molecular weight is 321 g/mol. The van der Waals surface area contributed by atoms with Crippen molar-refractivity contribution in [2.45, 2.75) is 44.8 Å². The van der Waals surface area contributed by atoms with Gasteiger partial charge in [-0.2, -0.15) is 4.98 Å². The van der Waals surface area contributed by atoms with E-state index in [1.807, 2.05) is 17.5 Å². The van der Waals surface area contributed by atoms with Gasteiger partial charge in [-0.3, -0.25) is 4.79 Å². The molecular weight excluding hydrogens is 302 g/mol. The normalized spacial score (nSPS) is 21.7. The molecule has 2 heterocycles. The van der Waals surface area contributed by atoms with Gasteiger partial charge in [0.25, 0.3) is 0 Å². The third kappa shape index (κ3) is 3.92. The van der Waals surface area contributed by atoms with Gasteiger partial charge in [-0.25, -0.2) is 0 Å². The molecule has 0 aromatic carbocycles. The summed E-state index contributed by atoms with van der Waals surface area (Å²) < 4.78 is 5.19. The van der Waals surface area contributed by atoms with Crippen LogP contribution in [-0.2, 0) is 17.8 Å². The van der Waals surface area contributed by atoms with Crippen LogP contribution in [0.3, 0.4) is 0 Å². The van der Waals surface area contributed by atoms with Crippen LogP contribution in [0.15, 0.2) is 22.0 Å². The van der Waals surface area contributed by atoms with E-state index in [-0.39, 0.29) is 24.5 Å². The van der Waals surface area contributed by atoms with Crippen LogP contribution >= 0.6 is 11.3 Å². The molecule has 22 heavy (non-hydrogen) atoms. The molecule has 0 saturated heterocycles. The van der Waals surface area contributed by atoms with Gasteiger partial charge in [0, 0.05) is 10.8 Å². The Balaban J connectivity index is 1.49. The van der Waals surface area contributed by atoms with Crippen molar-refractivity contribution in [3.8, 4) is 0 Å². The van der Waals surface area contributed by atoms with Crippen LogP contribution in [0, 0.1) is 5.92 Å². The van der Waals surface area contributed by atoms with E-state index in [4.69, 9.17) is 4.52 Å². The summed E-state index contributed by atoms with van der Waals surface area (Å²) >= 11 is 1.64. The highest BCUT2D eigenvalue weighted by Crippen LogP contribution is 2.24. The first-order chi connectivity index (χ1) is 10.7. The van der Waals surface area contributed by atoms with Crippen LogP contribution in [0.25, 0.3) is 0 Å². The number of aliphatic hydroxyl groups excluding tert-OH is 1. The number of hydrogen-bond donors (Lipinski definition) is 2. The fourth-order valence-corrected chi connectivity index (χ4v) is 3.40. The Labute approximate surface area is 132 Å². The number of thiophene rings is 1. The minimum Gasteiger partial charge on any atom is -0.393 e. The zero-order valence-corrected chi connectivity index (χ0v) is 13.0. The van der Waals surface area contributed by atoms with Crippen molar-refractivity contribution >= 4 is 17.2 Å². The van der Waals surface area contributed by atoms with E-state index in [1.165, 1.54) is 0 Å². The van der Waals surface area contributed by atoms with E-state index in [2.05, 4.69) is 15.5 Å². The first-order valence-corrected chi connectivity index (χ1v) is 8.38. The molecule has 0 bridgehead atoms. The molecule has 1 fully saturated rings. The van der Waals surface area contributed by atoms with Crippen LogP contribution in [-0.4, -0.2) is 27.3 Å². The minimum absolute atomic E-state index is 0.0386. The molecule has 2 atom stereocenters. The number of nitrogens with zero attached hydrogens (tertiary/aromatic N) is 2. The van der Waals surface area contributed by atoms with E-state index >= 15 is 0 Å². The SMILES string of the molecule is O=C(NCc1noc(Cc2cccs2)n1)[C@@H]1CCC[C@H](O)C1. The van der Waals surface area contributed by atoms with Gasteiger partial charge in [-0.05, 0) is 30.7 Å². The summed E-state index contributed by atoms with van der Waals surface area (Å²) in [6, 6.07) is 4.00. The van der Waals surface area contributed by atoms with E-state index < -0.39 is 0 Å². The molecule has 118 valence electrons. The van der Waals surface area contributed by atoms with E-state index in [0.29, 0.717) is 24.6 Å². The molecule has 0 spiro atoms. The van der Waals surface area contributed by atoms with Gasteiger partial charge >= 0.3 is 0 Å². The smallest absolute Gasteiger partial charge is 0.231 e. The van der Waals surface area contributed by atoms with Gasteiger partial charge < -0.3 is 14.9 Å². The Morgan fingerprint density at radius 2 is 2.41 bits per heavy atom. The van der Waals surface area contributed by atoms with Crippen LogP contribution in [0.5, 0.6) is 0 Å². The fourth-order valence-electron chi connectivity index (χ4n) is 2.71. The van der Waals surface area contributed by atoms with Crippen LogP contribution < -0.4 is 5.32 Å². The first-order valence-electron chi connectivity index (χ1n) is 7.50. The van der Waals surface area contributed by atoms with Gasteiger partial charge in [0.15, 0.2) is 5.82 Å². The summed E-state index contributed by atoms with van der Waals surface area (Å²) in [4.78, 5) is 17.5. The number of aliphatic hydroxyl groups is 1. The first kappa shape index (κ1) is 15.2. The maximum atomic E-state index is 12.1. The number of aromatic nitrogens is 2. The highest BCUT2D eigenvalue weighted by Gasteiger charge is 2.26. The number of carbonyl (C=O) groups excluding carboxylic acids is 1. The zero-order valence-electron chi connectivity index (χ0n) is 12.2. The summed E-state index contributed by atoms with van der Waals surface area (Å²) in [6.07, 6.45) is 3.33. The van der Waals surface area contributed by atoms with Crippen molar-refractivity contribution in [3.05, 3.63) is 34.1 Å². The Hall–Kier alpha value is -1.73. The van der Waals surface area contributed by atoms with E-state index in [1.54, 1.807) is 11.3 Å². The number of amides is 1. The lowest BCUT2D eigenvalue weighted by Crippen LogP contribution is -2.35. The lowest BCUT2D eigenvalue weighted by atomic mass is 9.87. The number of hydrogen-bond acceptors (Lipinski definition) is 6. The van der Waals surface area contributed by atoms with E-state index in [9.17, 15) is 9.90 Å². The van der Waals surface area contributed by atoms with Gasteiger partial charge in [0.2, 0.25) is 11.8 Å². The quantitative estimate of drug-likeness (QED) is 0.878. The molecule has 2 aromatic heterocycles. The number of rotatable bonds is 5. The van der Waals surface area contributed by atoms with Gasteiger partial charge in [-0.15, -0.1) is 11.3 Å². The molecule has 1 saturated carbocycles. The van der Waals surface area contributed by atoms with Crippen molar-refractivity contribution in [2.75, 3.05) is 0 Å². The Morgan fingerprint density at radius 3 is 3.18 bits per heavy atom. The standard InChI is InChI=1S/C15H19N3O3S/c19-11-4-1-3-10(7-11)15(20)16-9-13-17-14(21-18-13)8-12-5-2-6-22-12/h2,5-6,10-11,19H,1,3-4,7-9H2,(H,16,20)/t10-,11+/m1/s1. The Morgan fingerprint density at radius 1 is 1.50 bits per heavy atom. The molecule has 2 N–H and O–H groups in total. The molecule has 1 aliphatic carbocycles. The molecule has 2 aromatic rings. The third-order valence-electron chi connectivity index (χ3n) is 3.85. The molecule has 3 rings (SSSR count). The van der Waals surface area contributed by atoms with Crippen molar-refractivity contribution in [2.24, 2.45) is 5.92 Å². The lowest BCUT2D eigenvalue weighted by Gasteiger charge is -2.24. The molecule has 1 aliphatic rings. The topological polar surface area (TPSA) is 88.3 Å².